The van der Waals surface area contributed by atoms with E-state index in [9.17, 15) is 13.5 Å². The van der Waals surface area contributed by atoms with Gasteiger partial charge in [-0.15, -0.1) is 0 Å². The van der Waals surface area contributed by atoms with Gasteiger partial charge in [0.05, 0.1) is 23.1 Å². The van der Waals surface area contributed by atoms with Crippen molar-refractivity contribution in [3.8, 4) is 11.5 Å². The lowest BCUT2D eigenvalue weighted by Gasteiger charge is -2.30. The van der Waals surface area contributed by atoms with Crippen molar-refractivity contribution in [3.63, 3.8) is 0 Å². The van der Waals surface area contributed by atoms with Crippen LogP contribution in [0.15, 0.2) is 42.5 Å². The van der Waals surface area contributed by atoms with E-state index in [1.807, 2.05) is 36.1 Å². The molecule has 31 heavy (non-hydrogen) atoms. The van der Waals surface area contributed by atoms with E-state index in [1.165, 1.54) is 0 Å². The van der Waals surface area contributed by atoms with E-state index < -0.39 is 15.9 Å². The lowest BCUT2D eigenvalue weighted by Crippen LogP contribution is -2.42. The van der Waals surface area contributed by atoms with E-state index in [1.54, 1.807) is 18.2 Å². The maximum Gasteiger partial charge on any atom is 0.151 e. The third-order valence-corrected chi connectivity index (χ3v) is 7.40. The quantitative estimate of drug-likeness (QED) is 0.548. The Morgan fingerprint density at radius 3 is 2.52 bits per heavy atom. The largest absolute Gasteiger partial charge is 0.494 e. The minimum absolute atomic E-state index is 0.0284. The third-order valence-electron chi connectivity index (χ3n) is 5.12. The second-order valence-electron chi connectivity index (χ2n) is 7.60. The molecule has 1 aliphatic rings. The zero-order valence-corrected chi connectivity index (χ0v) is 19.7. The van der Waals surface area contributed by atoms with E-state index in [0.29, 0.717) is 35.4 Å². The van der Waals surface area contributed by atoms with E-state index >= 15 is 0 Å². The monoisotopic (exact) mass is 487 g/mol. The summed E-state index contributed by atoms with van der Waals surface area (Å²) in [4.78, 5) is 2.01. The van der Waals surface area contributed by atoms with E-state index in [0.717, 1.165) is 11.3 Å². The van der Waals surface area contributed by atoms with Crippen LogP contribution < -0.4 is 9.47 Å². The second kappa shape index (κ2) is 10.9. The molecule has 0 spiro atoms. The van der Waals surface area contributed by atoms with E-state index in [4.69, 9.17) is 32.7 Å². The standard InChI is InChI=1S/C22H27Cl2NO5S/c1-2-29-20-6-3-16(4-7-20)12-25(18-9-10-31(27,28)15-18)13-19(26)14-30-22-8-5-17(23)11-21(22)24/h3-8,11,18-19,26H,2,9-10,12-15H2,1H3. The van der Waals surface area contributed by atoms with Crippen LogP contribution in [0.25, 0.3) is 0 Å². The molecule has 0 aromatic heterocycles. The van der Waals surface area contributed by atoms with Crippen LogP contribution in [-0.2, 0) is 16.4 Å². The fourth-order valence-electron chi connectivity index (χ4n) is 3.60. The van der Waals surface area contributed by atoms with Gasteiger partial charge in [0, 0.05) is 24.2 Å². The van der Waals surface area contributed by atoms with Crippen molar-refractivity contribution in [1.29, 1.82) is 0 Å². The Balaban J connectivity index is 1.65. The van der Waals surface area contributed by atoms with E-state index in [-0.39, 0.29) is 30.7 Å². The number of nitrogens with zero attached hydrogens (tertiary/aromatic N) is 1. The van der Waals surface area contributed by atoms with Crippen LogP contribution in [0.3, 0.4) is 0 Å². The molecule has 1 fully saturated rings. The molecule has 2 unspecified atom stereocenters. The minimum Gasteiger partial charge on any atom is -0.494 e. The summed E-state index contributed by atoms with van der Waals surface area (Å²) in [6, 6.07) is 12.4. The third kappa shape index (κ3) is 7.26. The number of ether oxygens (including phenoxy) is 2. The van der Waals surface area contributed by atoms with Crippen LogP contribution in [-0.4, -0.2) is 61.8 Å². The molecule has 0 bridgehead atoms. The molecule has 3 rings (SSSR count). The van der Waals surface area contributed by atoms with Crippen molar-refractivity contribution in [1.82, 2.24) is 4.90 Å². The molecule has 1 heterocycles. The van der Waals surface area contributed by atoms with Crippen molar-refractivity contribution in [2.45, 2.75) is 32.0 Å². The molecule has 2 aromatic carbocycles. The molecule has 1 N–H and O–H groups in total. The van der Waals surface area contributed by atoms with Crippen LogP contribution in [0.2, 0.25) is 10.0 Å². The fraction of sp³-hybridized carbons (Fsp3) is 0.455. The molecule has 170 valence electrons. The molecule has 0 amide bonds. The fourth-order valence-corrected chi connectivity index (χ4v) is 5.82. The van der Waals surface area contributed by atoms with Crippen LogP contribution >= 0.6 is 23.2 Å². The summed E-state index contributed by atoms with van der Waals surface area (Å²) >= 11 is 12.0. The maximum absolute atomic E-state index is 12.0. The highest BCUT2D eigenvalue weighted by Gasteiger charge is 2.33. The first-order valence-electron chi connectivity index (χ1n) is 10.2. The van der Waals surface area contributed by atoms with E-state index in [2.05, 4.69) is 0 Å². The summed E-state index contributed by atoms with van der Waals surface area (Å²) in [6.07, 6.45) is -0.270. The Labute approximate surface area is 193 Å². The van der Waals surface area contributed by atoms with Gasteiger partial charge in [-0.05, 0) is 49.2 Å². The van der Waals surface area contributed by atoms with Crippen LogP contribution in [0, 0.1) is 0 Å². The molecule has 2 atom stereocenters. The summed E-state index contributed by atoms with van der Waals surface area (Å²) in [6.45, 7) is 3.34. The summed E-state index contributed by atoms with van der Waals surface area (Å²) in [5, 5.41) is 11.5. The molecule has 0 aliphatic carbocycles. The topological polar surface area (TPSA) is 76.1 Å². The molecule has 0 saturated carbocycles. The predicted molar refractivity (Wildman–Crippen MR) is 123 cm³/mol. The van der Waals surface area contributed by atoms with Crippen LogP contribution in [0.5, 0.6) is 11.5 Å². The Kier molecular flexibility index (Phi) is 8.47. The Hall–Kier alpha value is -1.51. The molecular weight excluding hydrogens is 461 g/mol. The number of sulfone groups is 1. The number of aliphatic hydroxyl groups is 1. The lowest BCUT2D eigenvalue weighted by atomic mass is 10.1. The number of aliphatic hydroxyl groups excluding tert-OH is 1. The predicted octanol–water partition coefficient (Wildman–Crippen LogP) is 3.82. The summed E-state index contributed by atoms with van der Waals surface area (Å²) < 4.78 is 35.2. The van der Waals surface area contributed by atoms with Gasteiger partial charge in [0.2, 0.25) is 0 Å². The van der Waals surface area contributed by atoms with Crippen molar-refractivity contribution < 1.29 is 23.0 Å². The highest BCUT2D eigenvalue weighted by atomic mass is 35.5. The second-order valence-corrected chi connectivity index (χ2v) is 10.7. The summed E-state index contributed by atoms with van der Waals surface area (Å²) in [5.41, 5.74) is 1.02. The maximum atomic E-state index is 12.0. The smallest absolute Gasteiger partial charge is 0.151 e. The molecule has 9 heteroatoms. The normalized spacial score (nSPS) is 18.8. The first-order chi connectivity index (χ1) is 14.8. The van der Waals surface area contributed by atoms with Gasteiger partial charge in [-0.1, -0.05) is 35.3 Å². The van der Waals surface area contributed by atoms with Gasteiger partial charge in [0.25, 0.3) is 0 Å². The van der Waals surface area contributed by atoms with Gasteiger partial charge in [-0.2, -0.15) is 0 Å². The van der Waals surface area contributed by atoms with Gasteiger partial charge in [0.15, 0.2) is 9.84 Å². The van der Waals surface area contributed by atoms with Crippen LogP contribution in [0.1, 0.15) is 18.9 Å². The van der Waals surface area contributed by atoms with Crippen molar-refractivity contribution in [3.05, 3.63) is 58.1 Å². The number of hydrogen-bond acceptors (Lipinski definition) is 6. The molecule has 0 radical (unpaired) electrons. The van der Waals surface area contributed by atoms with Crippen molar-refractivity contribution >= 4 is 33.0 Å². The molecular formula is C22H27Cl2NO5S. The highest BCUT2D eigenvalue weighted by Crippen LogP contribution is 2.28. The first kappa shape index (κ1) is 24.1. The minimum atomic E-state index is -3.05. The zero-order chi connectivity index (χ0) is 22.4. The number of halogens is 2. The molecule has 2 aromatic rings. The van der Waals surface area contributed by atoms with Gasteiger partial charge < -0.3 is 14.6 Å². The van der Waals surface area contributed by atoms with Gasteiger partial charge in [-0.3, -0.25) is 4.90 Å². The Morgan fingerprint density at radius 2 is 1.90 bits per heavy atom. The van der Waals surface area contributed by atoms with Gasteiger partial charge in [-0.25, -0.2) is 8.42 Å². The van der Waals surface area contributed by atoms with Gasteiger partial charge >= 0.3 is 0 Å². The Bertz CT molecular complexity index is 968. The zero-order valence-electron chi connectivity index (χ0n) is 17.3. The summed E-state index contributed by atoms with van der Waals surface area (Å²) in [5.74, 6) is 1.49. The number of rotatable bonds is 10. The molecule has 6 nitrogen and oxygen atoms in total. The highest BCUT2D eigenvalue weighted by molar-refractivity contribution is 7.91. The average molecular weight is 488 g/mol. The SMILES string of the molecule is CCOc1ccc(CN(CC(O)COc2ccc(Cl)cc2Cl)C2CCS(=O)(=O)C2)cc1. The number of benzene rings is 2. The Morgan fingerprint density at radius 1 is 1.16 bits per heavy atom. The van der Waals surface area contributed by atoms with Crippen molar-refractivity contribution in [2.24, 2.45) is 0 Å². The average Bonchev–Trinajstić information content (AvgIpc) is 3.08. The molecule has 1 saturated heterocycles. The van der Waals surface area contributed by atoms with Gasteiger partial charge in [0.1, 0.15) is 24.2 Å². The lowest BCUT2D eigenvalue weighted by molar-refractivity contribution is 0.0525. The number of hydrogen-bond donors (Lipinski definition) is 1. The molecule has 1 aliphatic heterocycles. The van der Waals surface area contributed by atoms with Crippen LogP contribution in [0.4, 0.5) is 0 Å². The first-order valence-corrected chi connectivity index (χ1v) is 12.8. The van der Waals surface area contributed by atoms with Crippen molar-refractivity contribution in [2.75, 3.05) is 31.3 Å². The summed E-state index contributed by atoms with van der Waals surface area (Å²) in [7, 11) is -3.05.